The number of carbonyl (C=O) groups is 1. The molecular formula is C14H14ClNO. The molecule has 0 atom stereocenters. The Labute approximate surface area is 106 Å². The van der Waals surface area contributed by atoms with Gasteiger partial charge in [-0.25, -0.2) is 0 Å². The van der Waals surface area contributed by atoms with E-state index in [2.05, 4.69) is 31.0 Å². The number of rotatable bonds is 3. The van der Waals surface area contributed by atoms with Crippen LogP contribution in [0.5, 0.6) is 0 Å². The van der Waals surface area contributed by atoms with Crippen LogP contribution in [0.1, 0.15) is 35.8 Å². The first-order valence-corrected chi connectivity index (χ1v) is 5.95. The zero-order valence-corrected chi connectivity index (χ0v) is 10.6. The summed E-state index contributed by atoms with van der Waals surface area (Å²) >= 11 is 5.42. The van der Waals surface area contributed by atoms with Crippen molar-refractivity contribution in [2.24, 2.45) is 0 Å². The van der Waals surface area contributed by atoms with Gasteiger partial charge in [0, 0.05) is 5.69 Å². The molecule has 1 N–H and O–H groups in total. The number of hydrogen-bond donors (Lipinski definition) is 1. The summed E-state index contributed by atoms with van der Waals surface area (Å²) in [6.07, 6.45) is 0. The molecule has 0 aliphatic carbocycles. The second kappa shape index (κ2) is 4.76. The van der Waals surface area contributed by atoms with Gasteiger partial charge in [-0.1, -0.05) is 32.0 Å². The molecule has 3 heteroatoms. The van der Waals surface area contributed by atoms with Crippen LogP contribution in [0, 0.1) is 0 Å². The maximum atomic E-state index is 11.0. The molecule has 17 heavy (non-hydrogen) atoms. The molecule has 1 aromatic heterocycles. The molecule has 0 unspecified atom stereocenters. The van der Waals surface area contributed by atoms with E-state index >= 15 is 0 Å². The molecule has 0 radical (unpaired) electrons. The minimum Gasteiger partial charge on any atom is -0.351 e. The van der Waals surface area contributed by atoms with Crippen molar-refractivity contribution < 1.29 is 4.79 Å². The summed E-state index contributed by atoms with van der Waals surface area (Å²) in [4.78, 5) is 14.0. The van der Waals surface area contributed by atoms with Gasteiger partial charge in [-0.2, -0.15) is 0 Å². The van der Waals surface area contributed by atoms with Crippen molar-refractivity contribution in [3.8, 4) is 11.3 Å². The van der Waals surface area contributed by atoms with E-state index in [9.17, 15) is 4.79 Å². The molecule has 0 amide bonds. The minimum atomic E-state index is -0.462. The summed E-state index contributed by atoms with van der Waals surface area (Å²) in [5, 5.41) is -0.462. The molecule has 2 aromatic rings. The minimum absolute atomic E-state index is 0.427. The Morgan fingerprint density at radius 2 is 2.00 bits per heavy atom. The van der Waals surface area contributed by atoms with Gasteiger partial charge in [-0.05, 0) is 46.8 Å². The van der Waals surface area contributed by atoms with Crippen molar-refractivity contribution in [3.05, 3.63) is 47.7 Å². The van der Waals surface area contributed by atoms with Crippen LogP contribution in [0.2, 0.25) is 0 Å². The van der Waals surface area contributed by atoms with E-state index in [-0.39, 0.29) is 0 Å². The SMILES string of the molecule is CC(C)c1cccc(-c2ccc(C(=O)Cl)[nH]2)c1. The number of carbonyl (C=O) groups excluding carboxylic acids is 1. The number of H-pyrrole nitrogens is 1. The Balaban J connectivity index is 2.38. The maximum absolute atomic E-state index is 11.0. The molecule has 1 heterocycles. The Morgan fingerprint density at radius 1 is 1.24 bits per heavy atom. The molecule has 0 aliphatic heterocycles. The summed E-state index contributed by atoms with van der Waals surface area (Å²) in [6, 6.07) is 11.8. The van der Waals surface area contributed by atoms with Gasteiger partial charge in [-0.3, -0.25) is 4.79 Å². The molecule has 1 aromatic carbocycles. The monoisotopic (exact) mass is 247 g/mol. The van der Waals surface area contributed by atoms with Gasteiger partial charge in [0.25, 0.3) is 5.24 Å². The quantitative estimate of drug-likeness (QED) is 0.811. The first-order valence-electron chi connectivity index (χ1n) is 5.57. The summed E-state index contributed by atoms with van der Waals surface area (Å²) in [7, 11) is 0. The van der Waals surface area contributed by atoms with E-state index in [1.807, 2.05) is 18.2 Å². The predicted octanol–water partition coefficient (Wildman–Crippen LogP) is 4.18. The fourth-order valence-corrected chi connectivity index (χ4v) is 1.85. The average Bonchev–Trinajstić information content (AvgIpc) is 2.78. The fourth-order valence-electron chi connectivity index (χ4n) is 1.74. The number of halogens is 1. The zero-order valence-electron chi connectivity index (χ0n) is 9.83. The van der Waals surface area contributed by atoms with E-state index in [0.717, 1.165) is 11.3 Å². The second-order valence-corrected chi connectivity index (χ2v) is 4.68. The van der Waals surface area contributed by atoms with Gasteiger partial charge in [0.15, 0.2) is 0 Å². The molecule has 0 aliphatic rings. The number of benzene rings is 1. The van der Waals surface area contributed by atoms with Gasteiger partial charge < -0.3 is 4.98 Å². The molecule has 0 saturated carbocycles. The van der Waals surface area contributed by atoms with Crippen molar-refractivity contribution in [2.45, 2.75) is 19.8 Å². The van der Waals surface area contributed by atoms with Gasteiger partial charge in [0.1, 0.15) is 0 Å². The average molecular weight is 248 g/mol. The molecule has 88 valence electrons. The first kappa shape index (κ1) is 11.9. The largest absolute Gasteiger partial charge is 0.351 e. The van der Waals surface area contributed by atoms with Crippen molar-refractivity contribution in [1.29, 1.82) is 0 Å². The molecular weight excluding hydrogens is 234 g/mol. The fraction of sp³-hybridized carbons (Fsp3) is 0.214. The highest BCUT2D eigenvalue weighted by Gasteiger charge is 2.07. The molecule has 0 fully saturated rings. The lowest BCUT2D eigenvalue weighted by Gasteiger charge is -2.06. The third kappa shape index (κ3) is 2.59. The van der Waals surface area contributed by atoms with Gasteiger partial charge in [0.2, 0.25) is 0 Å². The molecule has 0 saturated heterocycles. The highest BCUT2D eigenvalue weighted by Crippen LogP contribution is 2.23. The zero-order chi connectivity index (χ0) is 12.4. The van der Waals surface area contributed by atoms with Crippen LogP contribution in [0.3, 0.4) is 0 Å². The highest BCUT2D eigenvalue weighted by atomic mass is 35.5. The lowest BCUT2D eigenvalue weighted by Crippen LogP contribution is -1.90. The standard InChI is InChI=1S/C14H14ClNO/c1-9(2)10-4-3-5-11(8-10)12-6-7-13(16-12)14(15)17/h3-9,16H,1-2H3. The van der Waals surface area contributed by atoms with E-state index in [0.29, 0.717) is 11.6 Å². The van der Waals surface area contributed by atoms with Crippen LogP contribution < -0.4 is 0 Å². The first-order chi connectivity index (χ1) is 8.08. The highest BCUT2D eigenvalue weighted by molar-refractivity contribution is 6.67. The number of aromatic nitrogens is 1. The van der Waals surface area contributed by atoms with E-state index in [1.54, 1.807) is 6.07 Å². The van der Waals surface area contributed by atoms with E-state index < -0.39 is 5.24 Å². The third-order valence-corrected chi connectivity index (χ3v) is 2.97. The third-order valence-electron chi connectivity index (χ3n) is 2.76. The van der Waals surface area contributed by atoms with Crippen LogP contribution in [-0.2, 0) is 0 Å². The van der Waals surface area contributed by atoms with Crippen molar-refractivity contribution in [3.63, 3.8) is 0 Å². The lowest BCUT2D eigenvalue weighted by molar-refractivity contribution is 0.107. The lowest BCUT2D eigenvalue weighted by atomic mass is 10.00. The molecule has 0 bridgehead atoms. The van der Waals surface area contributed by atoms with E-state index in [4.69, 9.17) is 11.6 Å². The Kier molecular flexibility index (Phi) is 3.34. The Bertz CT molecular complexity index is 543. The van der Waals surface area contributed by atoms with Crippen LogP contribution in [0.15, 0.2) is 36.4 Å². The predicted molar refractivity (Wildman–Crippen MR) is 70.5 cm³/mol. The summed E-state index contributed by atoms with van der Waals surface area (Å²) in [5.74, 6) is 0.485. The van der Waals surface area contributed by atoms with Crippen LogP contribution in [-0.4, -0.2) is 10.2 Å². The number of nitrogens with one attached hydrogen (secondary N) is 1. The smallest absolute Gasteiger partial charge is 0.268 e. The van der Waals surface area contributed by atoms with Crippen LogP contribution in [0.4, 0.5) is 0 Å². The summed E-state index contributed by atoms with van der Waals surface area (Å²) in [5.41, 5.74) is 3.68. The molecule has 2 rings (SSSR count). The number of aromatic amines is 1. The van der Waals surface area contributed by atoms with Gasteiger partial charge in [0.05, 0.1) is 5.69 Å². The summed E-state index contributed by atoms with van der Waals surface area (Å²) in [6.45, 7) is 4.31. The normalized spacial score (nSPS) is 10.8. The Hall–Kier alpha value is -1.54. The summed E-state index contributed by atoms with van der Waals surface area (Å²) < 4.78 is 0. The Morgan fingerprint density at radius 3 is 2.59 bits per heavy atom. The molecule has 0 spiro atoms. The van der Waals surface area contributed by atoms with Crippen molar-refractivity contribution in [1.82, 2.24) is 4.98 Å². The van der Waals surface area contributed by atoms with Crippen LogP contribution in [0.25, 0.3) is 11.3 Å². The number of hydrogen-bond acceptors (Lipinski definition) is 1. The van der Waals surface area contributed by atoms with Crippen LogP contribution >= 0.6 is 11.6 Å². The van der Waals surface area contributed by atoms with E-state index in [1.165, 1.54) is 5.56 Å². The van der Waals surface area contributed by atoms with Crippen molar-refractivity contribution in [2.75, 3.05) is 0 Å². The van der Waals surface area contributed by atoms with Crippen molar-refractivity contribution >= 4 is 16.8 Å². The maximum Gasteiger partial charge on any atom is 0.268 e. The van der Waals surface area contributed by atoms with Gasteiger partial charge >= 0.3 is 0 Å². The second-order valence-electron chi connectivity index (χ2n) is 4.34. The van der Waals surface area contributed by atoms with Gasteiger partial charge in [-0.15, -0.1) is 0 Å². The topological polar surface area (TPSA) is 32.9 Å². The molecule has 2 nitrogen and oxygen atoms in total.